The van der Waals surface area contributed by atoms with Crippen molar-refractivity contribution in [2.75, 3.05) is 19.6 Å². The average Bonchev–Trinajstić information content (AvgIpc) is 3.02. The Bertz CT molecular complexity index is 638. The largest absolute Gasteiger partial charge is 0.338 e. The van der Waals surface area contributed by atoms with E-state index >= 15 is 0 Å². The van der Waals surface area contributed by atoms with Crippen LogP contribution in [-0.4, -0.2) is 54.3 Å². The molecule has 2 aliphatic heterocycles. The number of unbranched alkanes of at least 4 members (excludes halogenated alkanes) is 3. The first-order chi connectivity index (χ1) is 14.0. The summed E-state index contributed by atoms with van der Waals surface area (Å²) in [4.78, 5) is 50.1. The highest BCUT2D eigenvalue weighted by Crippen LogP contribution is 2.41. The Morgan fingerprint density at radius 1 is 1.10 bits per heavy atom. The maximum atomic E-state index is 12.9. The number of amides is 5. The number of hydrogen-bond donors (Lipinski definition) is 3. The second kappa shape index (κ2) is 10.1. The van der Waals surface area contributed by atoms with Gasteiger partial charge in [0.05, 0.1) is 0 Å². The predicted molar refractivity (Wildman–Crippen MR) is 108 cm³/mol. The van der Waals surface area contributed by atoms with Crippen LogP contribution in [0, 0.1) is 17.8 Å². The molecule has 0 bridgehead atoms. The third-order valence-electron chi connectivity index (χ3n) is 6.59. The van der Waals surface area contributed by atoms with Crippen molar-refractivity contribution in [3.05, 3.63) is 0 Å². The molecular weight excluding hydrogens is 372 g/mol. The van der Waals surface area contributed by atoms with E-state index in [1.165, 1.54) is 12.8 Å². The third-order valence-corrected chi connectivity index (χ3v) is 6.59. The fourth-order valence-corrected chi connectivity index (χ4v) is 4.90. The Morgan fingerprint density at radius 3 is 2.69 bits per heavy atom. The zero-order valence-electron chi connectivity index (χ0n) is 17.4. The van der Waals surface area contributed by atoms with Crippen molar-refractivity contribution in [2.24, 2.45) is 17.8 Å². The van der Waals surface area contributed by atoms with Crippen LogP contribution in [0.15, 0.2) is 0 Å². The van der Waals surface area contributed by atoms with Crippen LogP contribution < -0.4 is 16.0 Å². The number of imide groups is 1. The number of urea groups is 1. The number of piperidine rings is 1. The molecule has 2 heterocycles. The second-order valence-corrected chi connectivity index (χ2v) is 8.70. The van der Waals surface area contributed by atoms with Crippen molar-refractivity contribution in [3.8, 4) is 0 Å². The van der Waals surface area contributed by atoms with E-state index in [2.05, 4.69) is 22.9 Å². The Hall–Kier alpha value is -2.12. The van der Waals surface area contributed by atoms with Gasteiger partial charge in [0.15, 0.2) is 0 Å². The molecule has 8 heteroatoms. The van der Waals surface area contributed by atoms with Gasteiger partial charge in [0, 0.05) is 32.0 Å². The molecule has 0 aromatic heterocycles. The molecule has 162 valence electrons. The van der Waals surface area contributed by atoms with E-state index in [1.807, 2.05) is 0 Å². The molecule has 0 aromatic rings. The number of hydrogen-bond acceptors (Lipinski definition) is 4. The zero-order chi connectivity index (χ0) is 20.8. The Morgan fingerprint density at radius 2 is 1.93 bits per heavy atom. The van der Waals surface area contributed by atoms with Crippen molar-refractivity contribution in [1.29, 1.82) is 0 Å². The number of nitrogens with one attached hydrogen (secondary N) is 3. The molecule has 29 heavy (non-hydrogen) atoms. The molecule has 2 saturated heterocycles. The summed E-state index contributed by atoms with van der Waals surface area (Å²) in [5, 5.41) is 8.20. The van der Waals surface area contributed by atoms with Crippen LogP contribution in [0.4, 0.5) is 4.79 Å². The van der Waals surface area contributed by atoms with E-state index in [1.54, 1.807) is 4.90 Å². The number of likely N-dealkylation sites (tertiary alicyclic amines) is 1. The lowest BCUT2D eigenvalue weighted by Gasteiger charge is -2.30. The van der Waals surface area contributed by atoms with Crippen molar-refractivity contribution in [3.63, 3.8) is 0 Å². The van der Waals surface area contributed by atoms with Crippen molar-refractivity contribution in [1.82, 2.24) is 20.9 Å². The highest BCUT2D eigenvalue weighted by Gasteiger charge is 2.48. The van der Waals surface area contributed by atoms with Gasteiger partial charge in [0.25, 0.3) is 0 Å². The first-order valence-corrected chi connectivity index (χ1v) is 11.2. The second-order valence-electron chi connectivity index (χ2n) is 8.70. The summed E-state index contributed by atoms with van der Waals surface area (Å²) >= 11 is 0. The van der Waals surface area contributed by atoms with E-state index in [4.69, 9.17) is 0 Å². The minimum Gasteiger partial charge on any atom is -0.338 e. The first kappa shape index (κ1) is 21.6. The third kappa shape index (κ3) is 5.48. The van der Waals surface area contributed by atoms with Gasteiger partial charge in [-0.15, -0.1) is 0 Å². The van der Waals surface area contributed by atoms with Crippen molar-refractivity contribution < 1.29 is 19.2 Å². The summed E-state index contributed by atoms with van der Waals surface area (Å²) in [5.74, 6) is -0.0795. The SMILES string of the molecule is CCCCCCNC(=O)NCC1CCC2CN(C3CCC(=O)NC3=O)C(=O)C2C1. The standard InChI is InChI=1S/C21H34N4O4/c1-2-3-4-5-10-22-21(29)23-12-14-6-7-15-13-25(20(28)16(15)11-14)17-8-9-18(26)24-19(17)27/h14-17H,2-13H2,1H3,(H2,22,23,29)(H,24,26,27). The van der Waals surface area contributed by atoms with E-state index in [0.717, 1.165) is 32.1 Å². The van der Waals surface area contributed by atoms with Crippen LogP contribution in [-0.2, 0) is 14.4 Å². The summed E-state index contributed by atoms with van der Waals surface area (Å²) in [7, 11) is 0. The van der Waals surface area contributed by atoms with Gasteiger partial charge in [-0.3, -0.25) is 19.7 Å². The smallest absolute Gasteiger partial charge is 0.314 e. The number of nitrogens with zero attached hydrogens (tertiary/aromatic N) is 1. The molecule has 5 amide bonds. The zero-order valence-corrected chi connectivity index (χ0v) is 17.4. The molecule has 0 spiro atoms. The van der Waals surface area contributed by atoms with Crippen molar-refractivity contribution in [2.45, 2.75) is 70.8 Å². The highest BCUT2D eigenvalue weighted by molar-refractivity contribution is 6.02. The fraction of sp³-hybridized carbons (Fsp3) is 0.810. The molecule has 3 fully saturated rings. The molecule has 8 nitrogen and oxygen atoms in total. The van der Waals surface area contributed by atoms with E-state index in [9.17, 15) is 19.2 Å². The van der Waals surface area contributed by atoms with Crippen LogP contribution in [0.5, 0.6) is 0 Å². The normalized spacial score (nSPS) is 29.4. The van der Waals surface area contributed by atoms with E-state index in [0.29, 0.717) is 26.1 Å². The Balaban J connectivity index is 1.42. The van der Waals surface area contributed by atoms with Crippen LogP contribution in [0.3, 0.4) is 0 Å². The van der Waals surface area contributed by atoms with Gasteiger partial charge < -0.3 is 15.5 Å². The van der Waals surface area contributed by atoms with Gasteiger partial charge >= 0.3 is 6.03 Å². The minimum atomic E-state index is -0.513. The first-order valence-electron chi connectivity index (χ1n) is 11.2. The van der Waals surface area contributed by atoms with E-state index < -0.39 is 6.04 Å². The average molecular weight is 407 g/mol. The highest BCUT2D eigenvalue weighted by atomic mass is 16.2. The monoisotopic (exact) mass is 406 g/mol. The van der Waals surface area contributed by atoms with Crippen LogP contribution in [0.2, 0.25) is 0 Å². The van der Waals surface area contributed by atoms with Gasteiger partial charge in [-0.1, -0.05) is 26.2 Å². The predicted octanol–water partition coefficient (Wildman–Crippen LogP) is 1.55. The van der Waals surface area contributed by atoms with E-state index in [-0.39, 0.29) is 47.9 Å². The maximum Gasteiger partial charge on any atom is 0.314 e. The minimum absolute atomic E-state index is 0.0366. The summed E-state index contributed by atoms with van der Waals surface area (Å²) in [6, 6.07) is -0.646. The van der Waals surface area contributed by atoms with Gasteiger partial charge in [-0.25, -0.2) is 4.79 Å². The molecule has 0 aromatic carbocycles. The van der Waals surface area contributed by atoms with Gasteiger partial charge in [0.2, 0.25) is 17.7 Å². The van der Waals surface area contributed by atoms with Crippen LogP contribution in [0.25, 0.3) is 0 Å². The fourth-order valence-electron chi connectivity index (χ4n) is 4.90. The number of carbonyl (C=O) groups is 4. The lowest BCUT2D eigenvalue weighted by Crippen LogP contribution is -2.53. The quantitative estimate of drug-likeness (QED) is 0.420. The summed E-state index contributed by atoms with van der Waals surface area (Å²) in [6.45, 7) is 4.04. The molecule has 1 saturated carbocycles. The molecule has 3 N–H and O–H groups in total. The maximum absolute atomic E-state index is 12.9. The molecule has 0 radical (unpaired) electrons. The lowest BCUT2D eigenvalue weighted by atomic mass is 9.75. The van der Waals surface area contributed by atoms with Crippen molar-refractivity contribution >= 4 is 23.8 Å². The lowest BCUT2D eigenvalue weighted by molar-refractivity contribution is -0.144. The van der Waals surface area contributed by atoms with Gasteiger partial charge in [-0.05, 0) is 43.9 Å². The molecule has 1 aliphatic carbocycles. The summed E-state index contributed by atoms with van der Waals surface area (Å²) < 4.78 is 0. The number of carbonyl (C=O) groups excluding carboxylic acids is 4. The van der Waals surface area contributed by atoms with Crippen LogP contribution >= 0.6 is 0 Å². The topological polar surface area (TPSA) is 108 Å². The Labute approximate surface area is 172 Å². The molecule has 4 unspecified atom stereocenters. The Kier molecular flexibility index (Phi) is 7.50. The summed E-state index contributed by atoms with van der Waals surface area (Å²) in [6.07, 6.45) is 7.87. The molecule has 4 atom stereocenters. The molecular formula is C21H34N4O4. The van der Waals surface area contributed by atoms with Crippen LogP contribution in [0.1, 0.15) is 64.7 Å². The molecule has 3 aliphatic rings. The summed E-state index contributed by atoms with van der Waals surface area (Å²) in [5.41, 5.74) is 0. The molecule has 3 rings (SSSR count). The van der Waals surface area contributed by atoms with Gasteiger partial charge in [0.1, 0.15) is 6.04 Å². The number of rotatable bonds is 8. The van der Waals surface area contributed by atoms with Gasteiger partial charge in [-0.2, -0.15) is 0 Å². The number of fused-ring (bicyclic) bond motifs is 1.